The number of hydrogen-bond donors (Lipinski definition) is 1. The summed E-state index contributed by atoms with van der Waals surface area (Å²) in [5, 5.41) is 3.37. The number of hydrogen-bond acceptors (Lipinski definition) is 3. The predicted molar refractivity (Wildman–Crippen MR) is 77.9 cm³/mol. The number of methoxy groups -OCH3 is 1. The molecule has 19 heavy (non-hydrogen) atoms. The SMILES string of the molecule is CNC(CCc1ccc2c(c1)CCO2)C(C)(C)OC. The van der Waals surface area contributed by atoms with E-state index in [9.17, 15) is 0 Å². The monoisotopic (exact) mass is 263 g/mol. The third-order valence-electron chi connectivity index (χ3n) is 4.19. The first-order chi connectivity index (χ1) is 9.06. The second-order valence-corrected chi connectivity index (χ2v) is 5.73. The molecule has 2 rings (SSSR count). The summed E-state index contributed by atoms with van der Waals surface area (Å²) in [6.45, 7) is 5.09. The van der Waals surface area contributed by atoms with E-state index in [0.29, 0.717) is 6.04 Å². The Kier molecular flexibility index (Phi) is 4.48. The third kappa shape index (κ3) is 3.28. The van der Waals surface area contributed by atoms with Gasteiger partial charge in [0.2, 0.25) is 0 Å². The lowest BCUT2D eigenvalue weighted by atomic mass is 9.92. The first-order valence-electron chi connectivity index (χ1n) is 7.04. The lowest BCUT2D eigenvalue weighted by Gasteiger charge is -2.33. The van der Waals surface area contributed by atoms with Gasteiger partial charge in [0.05, 0.1) is 12.2 Å². The summed E-state index contributed by atoms with van der Waals surface area (Å²) >= 11 is 0. The van der Waals surface area contributed by atoms with Crippen molar-refractivity contribution in [2.45, 2.75) is 44.8 Å². The Morgan fingerprint density at radius 1 is 1.42 bits per heavy atom. The van der Waals surface area contributed by atoms with Gasteiger partial charge in [-0.3, -0.25) is 0 Å². The van der Waals surface area contributed by atoms with Crippen molar-refractivity contribution >= 4 is 0 Å². The van der Waals surface area contributed by atoms with Crippen LogP contribution in [0.5, 0.6) is 5.75 Å². The molecule has 1 N–H and O–H groups in total. The zero-order valence-corrected chi connectivity index (χ0v) is 12.5. The van der Waals surface area contributed by atoms with Crippen LogP contribution < -0.4 is 10.1 Å². The number of fused-ring (bicyclic) bond motifs is 1. The average molecular weight is 263 g/mol. The molecule has 0 bridgehead atoms. The molecule has 1 aromatic rings. The fraction of sp³-hybridized carbons (Fsp3) is 0.625. The molecule has 3 nitrogen and oxygen atoms in total. The molecule has 1 aliphatic heterocycles. The smallest absolute Gasteiger partial charge is 0.122 e. The zero-order chi connectivity index (χ0) is 13.9. The van der Waals surface area contributed by atoms with Crippen molar-refractivity contribution in [2.75, 3.05) is 20.8 Å². The maximum Gasteiger partial charge on any atom is 0.122 e. The topological polar surface area (TPSA) is 30.5 Å². The molecule has 3 heteroatoms. The van der Waals surface area contributed by atoms with Crippen LogP contribution in [0.25, 0.3) is 0 Å². The highest BCUT2D eigenvalue weighted by Gasteiger charge is 2.27. The molecule has 0 fully saturated rings. The van der Waals surface area contributed by atoms with E-state index < -0.39 is 0 Å². The maximum absolute atomic E-state index is 5.57. The Morgan fingerprint density at radius 2 is 2.21 bits per heavy atom. The van der Waals surface area contributed by atoms with E-state index in [2.05, 4.69) is 37.4 Å². The molecule has 0 amide bonds. The van der Waals surface area contributed by atoms with Crippen LogP contribution in [0.3, 0.4) is 0 Å². The van der Waals surface area contributed by atoms with Crippen LogP contribution in [0.4, 0.5) is 0 Å². The molecular weight excluding hydrogens is 238 g/mol. The molecule has 0 aliphatic carbocycles. The quantitative estimate of drug-likeness (QED) is 0.855. The maximum atomic E-state index is 5.57. The Balaban J connectivity index is 1.98. The second-order valence-electron chi connectivity index (χ2n) is 5.73. The zero-order valence-electron chi connectivity index (χ0n) is 12.5. The normalized spacial score (nSPS) is 16.0. The molecule has 1 heterocycles. The second kappa shape index (κ2) is 5.93. The van der Waals surface area contributed by atoms with Crippen LogP contribution in [0, 0.1) is 0 Å². The van der Waals surface area contributed by atoms with Gasteiger partial charge in [0.25, 0.3) is 0 Å². The molecule has 1 atom stereocenters. The molecule has 1 aliphatic rings. The van der Waals surface area contributed by atoms with Gasteiger partial charge in [-0.25, -0.2) is 0 Å². The highest BCUT2D eigenvalue weighted by atomic mass is 16.5. The fourth-order valence-corrected chi connectivity index (χ4v) is 2.69. The lowest BCUT2D eigenvalue weighted by molar-refractivity contribution is -0.0103. The summed E-state index contributed by atoms with van der Waals surface area (Å²) in [7, 11) is 3.78. The van der Waals surface area contributed by atoms with Crippen molar-refractivity contribution < 1.29 is 9.47 Å². The number of nitrogens with one attached hydrogen (secondary N) is 1. The van der Waals surface area contributed by atoms with Crippen molar-refractivity contribution in [1.29, 1.82) is 0 Å². The van der Waals surface area contributed by atoms with E-state index in [0.717, 1.165) is 31.6 Å². The molecule has 0 spiro atoms. The Morgan fingerprint density at radius 3 is 2.89 bits per heavy atom. The van der Waals surface area contributed by atoms with Crippen LogP contribution in [-0.4, -0.2) is 32.4 Å². The molecular formula is C16H25NO2. The van der Waals surface area contributed by atoms with Gasteiger partial charge in [-0.2, -0.15) is 0 Å². The highest BCUT2D eigenvalue weighted by Crippen LogP contribution is 2.27. The first kappa shape index (κ1) is 14.4. The number of rotatable bonds is 6. The van der Waals surface area contributed by atoms with E-state index >= 15 is 0 Å². The standard InChI is InChI=1S/C16H25NO2/c1-16(2,18-4)15(17-3)8-6-12-5-7-14-13(11-12)9-10-19-14/h5,7,11,15,17H,6,8-10H2,1-4H3. The van der Waals surface area contributed by atoms with Crippen molar-refractivity contribution in [2.24, 2.45) is 0 Å². The van der Waals surface area contributed by atoms with E-state index in [1.54, 1.807) is 7.11 Å². The summed E-state index contributed by atoms with van der Waals surface area (Å²) in [5.41, 5.74) is 2.59. The van der Waals surface area contributed by atoms with E-state index in [4.69, 9.17) is 9.47 Å². The number of benzene rings is 1. The molecule has 1 unspecified atom stereocenters. The predicted octanol–water partition coefficient (Wildman–Crippen LogP) is 2.57. The van der Waals surface area contributed by atoms with Gasteiger partial charge in [-0.15, -0.1) is 0 Å². The Hall–Kier alpha value is -1.06. The van der Waals surface area contributed by atoms with Crippen molar-refractivity contribution in [3.8, 4) is 5.75 Å². The van der Waals surface area contributed by atoms with Crippen molar-refractivity contribution in [1.82, 2.24) is 5.32 Å². The minimum absolute atomic E-state index is 0.144. The largest absolute Gasteiger partial charge is 0.493 e. The van der Waals surface area contributed by atoms with Gasteiger partial charge in [-0.05, 0) is 50.9 Å². The molecule has 0 saturated carbocycles. The Bertz CT molecular complexity index is 429. The summed E-state index contributed by atoms with van der Waals surface area (Å²) in [6.07, 6.45) is 3.17. The van der Waals surface area contributed by atoms with E-state index in [-0.39, 0.29) is 5.60 Å². The Labute approximate surface area is 116 Å². The van der Waals surface area contributed by atoms with Crippen molar-refractivity contribution in [3.63, 3.8) is 0 Å². The van der Waals surface area contributed by atoms with Gasteiger partial charge in [0.1, 0.15) is 5.75 Å². The average Bonchev–Trinajstić information content (AvgIpc) is 2.86. The summed E-state index contributed by atoms with van der Waals surface area (Å²) in [6, 6.07) is 6.92. The summed E-state index contributed by atoms with van der Waals surface area (Å²) in [5.74, 6) is 1.06. The van der Waals surface area contributed by atoms with Gasteiger partial charge in [-0.1, -0.05) is 12.1 Å². The van der Waals surface area contributed by atoms with Crippen LogP contribution in [-0.2, 0) is 17.6 Å². The summed E-state index contributed by atoms with van der Waals surface area (Å²) in [4.78, 5) is 0. The van der Waals surface area contributed by atoms with Gasteiger partial charge >= 0.3 is 0 Å². The van der Waals surface area contributed by atoms with Gasteiger partial charge in [0.15, 0.2) is 0 Å². The van der Waals surface area contributed by atoms with Crippen LogP contribution in [0.2, 0.25) is 0 Å². The molecule has 0 aromatic heterocycles. The van der Waals surface area contributed by atoms with Crippen LogP contribution in [0.15, 0.2) is 18.2 Å². The molecule has 0 saturated heterocycles. The minimum atomic E-state index is -0.144. The molecule has 106 valence electrons. The summed E-state index contributed by atoms with van der Waals surface area (Å²) < 4.78 is 11.1. The van der Waals surface area contributed by atoms with Gasteiger partial charge in [0, 0.05) is 19.6 Å². The highest BCUT2D eigenvalue weighted by molar-refractivity contribution is 5.39. The van der Waals surface area contributed by atoms with Gasteiger partial charge < -0.3 is 14.8 Å². The third-order valence-corrected chi connectivity index (χ3v) is 4.19. The lowest BCUT2D eigenvalue weighted by Crippen LogP contribution is -2.46. The fourth-order valence-electron chi connectivity index (χ4n) is 2.69. The number of ether oxygens (including phenoxy) is 2. The van der Waals surface area contributed by atoms with E-state index in [1.165, 1.54) is 11.1 Å². The first-order valence-corrected chi connectivity index (χ1v) is 7.04. The number of aryl methyl sites for hydroxylation is 1. The molecule has 1 aromatic carbocycles. The van der Waals surface area contributed by atoms with Crippen LogP contribution in [0.1, 0.15) is 31.4 Å². The molecule has 0 radical (unpaired) electrons. The minimum Gasteiger partial charge on any atom is -0.493 e. The van der Waals surface area contributed by atoms with Crippen LogP contribution >= 0.6 is 0 Å². The number of likely N-dealkylation sites (N-methyl/N-ethyl adjacent to an activating group) is 1. The van der Waals surface area contributed by atoms with Crippen molar-refractivity contribution in [3.05, 3.63) is 29.3 Å². The van der Waals surface area contributed by atoms with E-state index in [1.807, 2.05) is 7.05 Å².